The number of sulfonamides is 1. The van der Waals surface area contributed by atoms with Crippen LogP contribution in [0.3, 0.4) is 0 Å². The van der Waals surface area contributed by atoms with Crippen molar-refractivity contribution in [1.82, 2.24) is 4.90 Å². The molecule has 1 aliphatic rings. The lowest BCUT2D eigenvalue weighted by Gasteiger charge is -2.28. The van der Waals surface area contributed by atoms with E-state index in [0.29, 0.717) is 16.7 Å². The van der Waals surface area contributed by atoms with Crippen molar-refractivity contribution in [3.05, 3.63) is 48.5 Å². The Bertz CT molecular complexity index is 813. The molecule has 140 valence electrons. The van der Waals surface area contributed by atoms with Crippen molar-refractivity contribution in [2.24, 2.45) is 0 Å². The van der Waals surface area contributed by atoms with Gasteiger partial charge >= 0.3 is 0 Å². The van der Waals surface area contributed by atoms with Crippen molar-refractivity contribution >= 4 is 27.5 Å². The van der Waals surface area contributed by atoms with Crippen molar-refractivity contribution in [2.45, 2.75) is 27.9 Å². The number of rotatable bonds is 6. The summed E-state index contributed by atoms with van der Waals surface area (Å²) in [6.07, 6.45) is 2.38. The third-order valence-electron chi connectivity index (χ3n) is 4.44. The predicted octanol–water partition coefficient (Wildman–Crippen LogP) is 3.68. The number of hydrogen-bond donors (Lipinski definition) is 1. The molecule has 0 radical (unpaired) electrons. The number of nitrogens with one attached hydrogen (secondary N) is 1. The minimum Gasteiger partial charge on any atom is -0.497 e. The lowest BCUT2D eigenvalue weighted by molar-refractivity contribution is 0.282. The third-order valence-corrected chi connectivity index (χ3v) is 7.19. The first-order chi connectivity index (χ1) is 12.5. The van der Waals surface area contributed by atoms with Gasteiger partial charge in [-0.2, -0.15) is 0 Å². The summed E-state index contributed by atoms with van der Waals surface area (Å²) in [4.78, 5) is 3.74. The monoisotopic (exact) mass is 392 g/mol. The maximum atomic E-state index is 12.5. The van der Waals surface area contributed by atoms with Crippen LogP contribution in [-0.2, 0) is 10.0 Å². The van der Waals surface area contributed by atoms with E-state index in [-0.39, 0.29) is 4.90 Å². The highest BCUT2D eigenvalue weighted by Gasteiger charge is 2.18. The van der Waals surface area contributed by atoms with Crippen LogP contribution < -0.4 is 9.46 Å². The highest BCUT2D eigenvalue weighted by Crippen LogP contribution is 2.31. The third kappa shape index (κ3) is 4.93. The normalized spacial score (nSPS) is 16.4. The van der Waals surface area contributed by atoms with Gasteiger partial charge in [0, 0.05) is 15.8 Å². The molecule has 7 heteroatoms. The van der Waals surface area contributed by atoms with E-state index in [9.17, 15) is 8.42 Å². The Balaban J connectivity index is 1.62. The van der Waals surface area contributed by atoms with Gasteiger partial charge in [-0.15, -0.1) is 11.8 Å². The van der Waals surface area contributed by atoms with Crippen molar-refractivity contribution in [1.29, 1.82) is 0 Å². The number of benzene rings is 2. The van der Waals surface area contributed by atoms with Gasteiger partial charge in [-0.05, 0) is 81.5 Å². The zero-order valence-corrected chi connectivity index (χ0v) is 16.6. The molecule has 2 aromatic carbocycles. The fourth-order valence-electron chi connectivity index (χ4n) is 2.87. The second-order valence-corrected chi connectivity index (χ2v) is 9.48. The summed E-state index contributed by atoms with van der Waals surface area (Å²) in [5.41, 5.74) is 0.563. The molecule has 0 atom stereocenters. The van der Waals surface area contributed by atoms with Crippen molar-refractivity contribution in [3.63, 3.8) is 0 Å². The maximum absolute atomic E-state index is 12.5. The summed E-state index contributed by atoms with van der Waals surface area (Å²) in [7, 11) is 0.103. The number of methoxy groups -OCH3 is 1. The van der Waals surface area contributed by atoms with Gasteiger partial charge in [-0.1, -0.05) is 0 Å². The molecule has 26 heavy (non-hydrogen) atoms. The molecule has 1 aliphatic heterocycles. The van der Waals surface area contributed by atoms with E-state index in [4.69, 9.17) is 4.74 Å². The van der Waals surface area contributed by atoms with E-state index >= 15 is 0 Å². The minimum absolute atomic E-state index is 0.211. The first-order valence-corrected chi connectivity index (χ1v) is 10.9. The molecular formula is C19H24N2O3S2. The number of nitrogens with zero attached hydrogens (tertiary/aromatic N) is 1. The molecule has 0 bridgehead atoms. The van der Waals surface area contributed by atoms with Crippen molar-refractivity contribution < 1.29 is 13.2 Å². The molecule has 2 aromatic rings. The zero-order valence-electron chi connectivity index (χ0n) is 15.0. The van der Waals surface area contributed by atoms with E-state index in [0.717, 1.165) is 13.1 Å². The fraction of sp³-hybridized carbons (Fsp3) is 0.368. The van der Waals surface area contributed by atoms with Crippen LogP contribution in [0.4, 0.5) is 5.69 Å². The summed E-state index contributed by atoms with van der Waals surface area (Å²) in [5.74, 6) is 0.624. The van der Waals surface area contributed by atoms with E-state index in [2.05, 4.69) is 16.7 Å². The summed E-state index contributed by atoms with van der Waals surface area (Å²) in [6.45, 7) is 2.27. The van der Waals surface area contributed by atoms with Crippen LogP contribution in [-0.4, -0.2) is 45.8 Å². The van der Waals surface area contributed by atoms with Crippen LogP contribution in [0.25, 0.3) is 0 Å². The standard InChI is InChI=1S/C19H24N2O3S2/c1-21-13-11-18(12-14-21)25-17-7-3-15(4-8-17)20-26(22,23)19-9-5-16(24-2)6-10-19/h3-10,18,20H,11-14H2,1-2H3. The molecule has 1 heterocycles. The van der Waals surface area contributed by atoms with Gasteiger partial charge in [-0.3, -0.25) is 4.72 Å². The van der Waals surface area contributed by atoms with Crippen LogP contribution in [0.2, 0.25) is 0 Å². The second kappa shape index (κ2) is 8.33. The first kappa shape index (κ1) is 19.1. The van der Waals surface area contributed by atoms with Crippen LogP contribution in [0.1, 0.15) is 12.8 Å². The average Bonchev–Trinajstić information content (AvgIpc) is 2.65. The molecule has 3 rings (SSSR count). The van der Waals surface area contributed by atoms with Gasteiger partial charge in [0.05, 0.1) is 12.0 Å². The van der Waals surface area contributed by atoms with Crippen molar-refractivity contribution in [3.8, 4) is 5.75 Å². The molecule has 0 amide bonds. The Morgan fingerprint density at radius 3 is 2.23 bits per heavy atom. The predicted molar refractivity (Wildman–Crippen MR) is 107 cm³/mol. The first-order valence-electron chi connectivity index (χ1n) is 8.58. The van der Waals surface area contributed by atoms with Gasteiger partial charge in [0.15, 0.2) is 0 Å². The SMILES string of the molecule is COc1ccc(S(=O)(=O)Nc2ccc(SC3CCN(C)CC3)cc2)cc1. The molecular weight excluding hydrogens is 368 g/mol. The minimum atomic E-state index is -3.60. The fourth-order valence-corrected chi connectivity index (χ4v) is 5.05. The smallest absolute Gasteiger partial charge is 0.261 e. The topological polar surface area (TPSA) is 58.6 Å². The zero-order chi connectivity index (χ0) is 18.6. The van der Waals surface area contributed by atoms with E-state index in [1.54, 1.807) is 19.2 Å². The summed E-state index contributed by atoms with van der Waals surface area (Å²) in [5, 5.41) is 0.632. The molecule has 0 spiro atoms. The Morgan fingerprint density at radius 1 is 1.04 bits per heavy atom. The number of likely N-dealkylation sites (tertiary alicyclic amines) is 1. The lowest BCUT2D eigenvalue weighted by atomic mass is 10.1. The van der Waals surface area contributed by atoms with Crippen LogP contribution in [0, 0.1) is 0 Å². The molecule has 1 fully saturated rings. The molecule has 1 saturated heterocycles. The molecule has 0 aromatic heterocycles. The van der Waals surface area contributed by atoms with Gasteiger partial charge in [-0.25, -0.2) is 8.42 Å². The summed E-state index contributed by atoms with van der Waals surface area (Å²) < 4.78 is 32.6. The van der Waals surface area contributed by atoms with Crippen LogP contribution in [0.15, 0.2) is 58.3 Å². The number of anilines is 1. The van der Waals surface area contributed by atoms with Gasteiger partial charge in [0.1, 0.15) is 5.75 Å². The molecule has 0 saturated carbocycles. The second-order valence-electron chi connectivity index (χ2n) is 6.43. The number of ether oxygens (including phenoxy) is 1. The Kier molecular flexibility index (Phi) is 6.11. The van der Waals surface area contributed by atoms with Crippen LogP contribution in [0.5, 0.6) is 5.75 Å². The van der Waals surface area contributed by atoms with E-state index in [1.165, 1.54) is 29.9 Å². The maximum Gasteiger partial charge on any atom is 0.261 e. The Morgan fingerprint density at radius 2 is 1.65 bits per heavy atom. The van der Waals surface area contributed by atoms with Gasteiger partial charge in [0.25, 0.3) is 10.0 Å². The molecule has 1 N–H and O–H groups in total. The van der Waals surface area contributed by atoms with Gasteiger partial charge < -0.3 is 9.64 Å². The molecule has 5 nitrogen and oxygen atoms in total. The largest absolute Gasteiger partial charge is 0.497 e. The summed E-state index contributed by atoms with van der Waals surface area (Å²) in [6, 6.07) is 13.9. The average molecular weight is 393 g/mol. The quantitative estimate of drug-likeness (QED) is 0.813. The van der Waals surface area contributed by atoms with Gasteiger partial charge in [0.2, 0.25) is 0 Å². The van der Waals surface area contributed by atoms with Crippen LogP contribution >= 0.6 is 11.8 Å². The highest BCUT2D eigenvalue weighted by molar-refractivity contribution is 8.00. The Labute approximate surface area is 159 Å². The molecule has 0 aliphatic carbocycles. The number of piperidine rings is 1. The number of thioether (sulfide) groups is 1. The van der Waals surface area contributed by atoms with E-state index < -0.39 is 10.0 Å². The number of hydrogen-bond acceptors (Lipinski definition) is 5. The van der Waals surface area contributed by atoms with Crippen molar-refractivity contribution in [2.75, 3.05) is 32.0 Å². The van der Waals surface area contributed by atoms with E-state index in [1.807, 2.05) is 36.0 Å². The lowest BCUT2D eigenvalue weighted by Crippen LogP contribution is -2.31. The Hall–Kier alpha value is -1.70. The summed E-state index contributed by atoms with van der Waals surface area (Å²) >= 11 is 1.88. The molecule has 0 unspecified atom stereocenters. The highest BCUT2D eigenvalue weighted by atomic mass is 32.2.